The van der Waals surface area contributed by atoms with Crippen LogP contribution in [0.3, 0.4) is 0 Å². The number of carbonyl (C=O) groups excluding carboxylic acids is 1. The van der Waals surface area contributed by atoms with E-state index in [-0.39, 0.29) is 11.8 Å². The minimum Gasteiger partial charge on any atom is -0.497 e. The molecule has 1 heterocycles. The van der Waals surface area contributed by atoms with E-state index in [1.807, 2.05) is 42.5 Å². The molecule has 2 aromatic carbocycles. The number of rotatable bonds is 5. The van der Waals surface area contributed by atoms with E-state index in [2.05, 4.69) is 5.32 Å². The minimum absolute atomic E-state index is 0.0191. The quantitative estimate of drug-likeness (QED) is 0.917. The molecule has 0 saturated carbocycles. The van der Waals surface area contributed by atoms with Crippen LogP contribution in [-0.4, -0.2) is 26.7 Å². The van der Waals surface area contributed by atoms with E-state index >= 15 is 0 Å². The first-order valence-electron chi connectivity index (χ1n) is 7.90. The molecule has 0 spiro atoms. The minimum atomic E-state index is -0.184. The van der Waals surface area contributed by atoms with Crippen LogP contribution in [0.5, 0.6) is 17.2 Å². The maximum absolute atomic E-state index is 12.5. The highest BCUT2D eigenvalue weighted by molar-refractivity contribution is 5.79. The Hall–Kier alpha value is -2.69. The molecule has 5 nitrogen and oxygen atoms in total. The van der Waals surface area contributed by atoms with Crippen LogP contribution >= 0.6 is 0 Å². The van der Waals surface area contributed by atoms with Gasteiger partial charge >= 0.3 is 0 Å². The summed E-state index contributed by atoms with van der Waals surface area (Å²) >= 11 is 0. The maximum Gasteiger partial charge on any atom is 0.227 e. The van der Waals surface area contributed by atoms with Gasteiger partial charge in [-0.25, -0.2) is 0 Å². The smallest absolute Gasteiger partial charge is 0.227 e. The van der Waals surface area contributed by atoms with Gasteiger partial charge in [-0.2, -0.15) is 0 Å². The Kier molecular flexibility index (Phi) is 4.89. The average molecular weight is 327 g/mol. The molecule has 1 aliphatic rings. The van der Waals surface area contributed by atoms with Crippen molar-refractivity contribution in [2.45, 2.75) is 13.0 Å². The molecule has 126 valence electrons. The molecule has 0 aromatic heterocycles. The first-order valence-corrected chi connectivity index (χ1v) is 7.90. The van der Waals surface area contributed by atoms with Crippen LogP contribution in [0.1, 0.15) is 11.1 Å². The van der Waals surface area contributed by atoms with Gasteiger partial charge in [0.15, 0.2) is 0 Å². The SMILES string of the molecule is COc1ccc(OC)c(CNC(=O)[C@@H]2COc3ccccc3C2)c1. The fourth-order valence-electron chi connectivity index (χ4n) is 2.84. The maximum atomic E-state index is 12.5. The number of nitrogens with one attached hydrogen (secondary N) is 1. The molecule has 1 aliphatic heterocycles. The van der Waals surface area contributed by atoms with Crippen molar-refractivity contribution in [2.75, 3.05) is 20.8 Å². The molecular weight excluding hydrogens is 306 g/mol. The second kappa shape index (κ2) is 7.25. The molecule has 0 saturated heterocycles. The largest absolute Gasteiger partial charge is 0.497 e. The van der Waals surface area contributed by atoms with Gasteiger partial charge in [0.25, 0.3) is 0 Å². The van der Waals surface area contributed by atoms with E-state index in [0.717, 1.165) is 28.4 Å². The zero-order chi connectivity index (χ0) is 16.9. The molecule has 1 atom stereocenters. The number of para-hydroxylation sites is 1. The van der Waals surface area contributed by atoms with Crippen molar-refractivity contribution in [3.8, 4) is 17.2 Å². The molecule has 0 bridgehead atoms. The number of amides is 1. The van der Waals surface area contributed by atoms with E-state index in [1.54, 1.807) is 14.2 Å². The average Bonchev–Trinajstić information content (AvgIpc) is 2.65. The molecule has 1 N–H and O–H groups in total. The van der Waals surface area contributed by atoms with Gasteiger partial charge in [0.05, 0.1) is 20.1 Å². The Bertz CT molecular complexity index is 729. The number of fused-ring (bicyclic) bond motifs is 1. The summed E-state index contributed by atoms with van der Waals surface area (Å²) in [5.74, 6) is 2.12. The summed E-state index contributed by atoms with van der Waals surface area (Å²) < 4.78 is 16.3. The van der Waals surface area contributed by atoms with Gasteiger partial charge in [-0.3, -0.25) is 4.79 Å². The Morgan fingerprint density at radius 1 is 1.21 bits per heavy atom. The van der Waals surface area contributed by atoms with Gasteiger partial charge in [-0.15, -0.1) is 0 Å². The molecular formula is C19H21NO4. The molecule has 0 fully saturated rings. The Morgan fingerprint density at radius 3 is 2.83 bits per heavy atom. The van der Waals surface area contributed by atoms with Crippen molar-refractivity contribution < 1.29 is 19.0 Å². The second-order valence-corrected chi connectivity index (χ2v) is 5.72. The Labute approximate surface area is 141 Å². The monoisotopic (exact) mass is 327 g/mol. The van der Waals surface area contributed by atoms with E-state index < -0.39 is 0 Å². The highest BCUT2D eigenvalue weighted by Crippen LogP contribution is 2.27. The lowest BCUT2D eigenvalue weighted by Crippen LogP contribution is -2.37. The first-order chi connectivity index (χ1) is 11.7. The first kappa shape index (κ1) is 16.2. The third-order valence-corrected chi connectivity index (χ3v) is 4.19. The number of carbonyl (C=O) groups is 1. The van der Waals surface area contributed by atoms with Gasteiger partial charge in [-0.05, 0) is 36.2 Å². The van der Waals surface area contributed by atoms with E-state index in [4.69, 9.17) is 14.2 Å². The molecule has 3 rings (SSSR count). The lowest BCUT2D eigenvalue weighted by atomic mass is 9.96. The van der Waals surface area contributed by atoms with Gasteiger partial charge in [-0.1, -0.05) is 18.2 Å². The molecule has 0 aliphatic carbocycles. The fourth-order valence-corrected chi connectivity index (χ4v) is 2.84. The number of hydrogen-bond donors (Lipinski definition) is 1. The number of ether oxygens (including phenoxy) is 3. The van der Waals surface area contributed by atoms with Crippen molar-refractivity contribution in [2.24, 2.45) is 5.92 Å². The second-order valence-electron chi connectivity index (χ2n) is 5.72. The van der Waals surface area contributed by atoms with Crippen LogP contribution in [0, 0.1) is 5.92 Å². The molecule has 24 heavy (non-hydrogen) atoms. The highest BCUT2D eigenvalue weighted by Gasteiger charge is 2.25. The predicted molar refractivity (Wildman–Crippen MR) is 90.5 cm³/mol. The lowest BCUT2D eigenvalue weighted by Gasteiger charge is -2.24. The van der Waals surface area contributed by atoms with Crippen LogP contribution in [0.4, 0.5) is 0 Å². The molecule has 5 heteroatoms. The Morgan fingerprint density at radius 2 is 2.04 bits per heavy atom. The standard InChI is InChI=1S/C19H21NO4/c1-22-16-7-8-17(23-2)14(10-16)11-20-19(21)15-9-13-5-3-4-6-18(13)24-12-15/h3-8,10,15H,9,11-12H2,1-2H3,(H,20,21)/t15-/m0/s1. The summed E-state index contributed by atoms with van der Waals surface area (Å²) in [6, 6.07) is 13.4. The van der Waals surface area contributed by atoms with Crippen molar-refractivity contribution in [3.05, 3.63) is 53.6 Å². The zero-order valence-electron chi connectivity index (χ0n) is 13.9. The lowest BCUT2D eigenvalue weighted by molar-refractivity contribution is -0.126. The third-order valence-electron chi connectivity index (χ3n) is 4.19. The zero-order valence-corrected chi connectivity index (χ0v) is 13.9. The van der Waals surface area contributed by atoms with Crippen LogP contribution in [0.2, 0.25) is 0 Å². The summed E-state index contributed by atoms with van der Waals surface area (Å²) in [6.45, 7) is 0.787. The summed E-state index contributed by atoms with van der Waals surface area (Å²) in [5.41, 5.74) is 1.95. The van der Waals surface area contributed by atoms with Crippen LogP contribution in [0.15, 0.2) is 42.5 Å². The van der Waals surface area contributed by atoms with E-state index in [0.29, 0.717) is 19.6 Å². The molecule has 1 amide bonds. The molecule has 0 radical (unpaired) electrons. The van der Waals surface area contributed by atoms with Crippen molar-refractivity contribution in [1.29, 1.82) is 0 Å². The Balaban J connectivity index is 1.64. The third kappa shape index (κ3) is 3.45. The van der Waals surface area contributed by atoms with Crippen molar-refractivity contribution >= 4 is 5.91 Å². The number of methoxy groups -OCH3 is 2. The van der Waals surface area contributed by atoms with Gasteiger partial charge in [0.1, 0.15) is 23.9 Å². The van der Waals surface area contributed by atoms with E-state index in [1.165, 1.54) is 0 Å². The number of hydrogen-bond acceptors (Lipinski definition) is 4. The summed E-state index contributed by atoms with van der Waals surface area (Å²) in [5, 5.41) is 2.97. The van der Waals surface area contributed by atoms with Crippen molar-refractivity contribution in [1.82, 2.24) is 5.32 Å². The van der Waals surface area contributed by atoms with Gasteiger partial charge in [0, 0.05) is 12.1 Å². The van der Waals surface area contributed by atoms with E-state index in [9.17, 15) is 4.79 Å². The van der Waals surface area contributed by atoms with Gasteiger partial charge < -0.3 is 19.5 Å². The van der Waals surface area contributed by atoms with Crippen LogP contribution < -0.4 is 19.5 Å². The predicted octanol–water partition coefficient (Wildman–Crippen LogP) is 2.57. The summed E-state index contributed by atoms with van der Waals surface area (Å²) in [4.78, 5) is 12.5. The van der Waals surface area contributed by atoms with Crippen LogP contribution in [0.25, 0.3) is 0 Å². The summed E-state index contributed by atoms with van der Waals surface area (Å²) in [7, 11) is 3.22. The topological polar surface area (TPSA) is 56.8 Å². The van der Waals surface area contributed by atoms with Crippen LogP contribution in [-0.2, 0) is 17.8 Å². The normalized spacial score (nSPS) is 15.8. The highest BCUT2D eigenvalue weighted by atomic mass is 16.5. The molecule has 2 aromatic rings. The molecule has 0 unspecified atom stereocenters. The number of benzene rings is 2. The van der Waals surface area contributed by atoms with Gasteiger partial charge in [0.2, 0.25) is 5.91 Å². The fraction of sp³-hybridized carbons (Fsp3) is 0.316. The summed E-state index contributed by atoms with van der Waals surface area (Å²) in [6.07, 6.45) is 0.692. The van der Waals surface area contributed by atoms with Crippen molar-refractivity contribution in [3.63, 3.8) is 0 Å².